The van der Waals surface area contributed by atoms with Gasteiger partial charge in [-0.3, -0.25) is 0 Å². The minimum absolute atomic E-state index is 0.405. The summed E-state index contributed by atoms with van der Waals surface area (Å²) in [5, 5.41) is 0. The Morgan fingerprint density at radius 2 is 2.11 bits per heavy atom. The summed E-state index contributed by atoms with van der Waals surface area (Å²) in [6.45, 7) is 4.53. The van der Waals surface area contributed by atoms with Crippen LogP contribution in [0.2, 0.25) is 0 Å². The highest BCUT2D eigenvalue weighted by Crippen LogP contribution is 2.31. The molecule has 4 nitrogen and oxygen atoms in total. The Morgan fingerprint density at radius 3 is 2.67 bits per heavy atom. The number of anilines is 1. The number of aromatic nitrogens is 2. The fourth-order valence-electron chi connectivity index (χ4n) is 1.72. The first-order chi connectivity index (χ1) is 8.52. The van der Waals surface area contributed by atoms with E-state index in [0.29, 0.717) is 22.7 Å². The molecule has 6 heteroatoms. The van der Waals surface area contributed by atoms with Gasteiger partial charge in [-0.25, -0.2) is 9.97 Å². The van der Waals surface area contributed by atoms with Crippen molar-refractivity contribution in [1.82, 2.24) is 9.97 Å². The Bertz CT molecular complexity index is 583. The van der Waals surface area contributed by atoms with Crippen molar-refractivity contribution in [2.24, 2.45) is 0 Å². The van der Waals surface area contributed by atoms with Crippen LogP contribution in [0.4, 0.5) is 5.82 Å². The molecule has 2 aromatic heterocycles. The predicted molar refractivity (Wildman–Crippen MR) is 77.6 cm³/mol. The van der Waals surface area contributed by atoms with E-state index in [4.69, 9.17) is 10.5 Å². The average Bonchev–Trinajstić information content (AvgIpc) is 2.64. The Labute approximate surface area is 118 Å². The van der Waals surface area contributed by atoms with Crippen molar-refractivity contribution in [3.05, 3.63) is 26.0 Å². The minimum atomic E-state index is 0.405. The molecule has 2 aromatic rings. The lowest BCUT2D eigenvalue weighted by Crippen LogP contribution is -2.03. The Hall–Kier alpha value is -0.980. The van der Waals surface area contributed by atoms with Crippen molar-refractivity contribution in [2.45, 2.75) is 20.5 Å². The molecule has 0 spiro atoms. The average molecular weight is 328 g/mol. The zero-order valence-corrected chi connectivity index (χ0v) is 12.9. The van der Waals surface area contributed by atoms with E-state index in [2.05, 4.69) is 45.8 Å². The minimum Gasteiger partial charge on any atom is -0.383 e. The summed E-state index contributed by atoms with van der Waals surface area (Å²) in [5.41, 5.74) is 7.70. The molecule has 0 radical (unpaired) electrons. The molecule has 18 heavy (non-hydrogen) atoms. The van der Waals surface area contributed by atoms with Crippen molar-refractivity contribution in [2.75, 3.05) is 12.8 Å². The molecular formula is C12H14BrN3OS. The van der Waals surface area contributed by atoms with Crippen molar-refractivity contribution in [1.29, 1.82) is 0 Å². The van der Waals surface area contributed by atoms with Gasteiger partial charge in [0.05, 0.1) is 16.8 Å². The number of hydrogen-bond acceptors (Lipinski definition) is 5. The van der Waals surface area contributed by atoms with Crippen LogP contribution in [0.1, 0.15) is 15.4 Å². The highest BCUT2D eigenvalue weighted by molar-refractivity contribution is 9.10. The number of nitrogen functional groups attached to an aromatic ring is 1. The van der Waals surface area contributed by atoms with Crippen LogP contribution < -0.4 is 5.73 Å². The topological polar surface area (TPSA) is 61.0 Å². The Morgan fingerprint density at radius 1 is 1.39 bits per heavy atom. The van der Waals surface area contributed by atoms with Gasteiger partial charge in [-0.1, -0.05) is 0 Å². The predicted octanol–water partition coefficient (Wildman–Crippen LogP) is 3.31. The molecule has 0 bridgehead atoms. The summed E-state index contributed by atoms with van der Waals surface area (Å²) in [4.78, 5) is 11.3. The fourth-order valence-corrected chi connectivity index (χ4v) is 2.93. The second-order valence-electron chi connectivity index (χ2n) is 3.95. The Balaban J connectivity index is 2.55. The number of halogens is 1. The molecule has 0 saturated heterocycles. The van der Waals surface area contributed by atoms with Gasteiger partial charge in [0.2, 0.25) is 0 Å². The molecule has 0 atom stereocenters. The van der Waals surface area contributed by atoms with Crippen molar-refractivity contribution >= 4 is 33.1 Å². The van der Waals surface area contributed by atoms with E-state index >= 15 is 0 Å². The molecule has 0 fully saturated rings. The summed E-state index contributed by atoms with van der Waals surface area (Å²) >= 11 is 5.11. The van der Waals surface area contributed by atoms with E-state index in [9.17, 15) is 0 Å². The normalized spacial score (nSPS) is 10.9. The summed E-state index contributed by atoms with van der Waals surface area (Å²) in [6.07, 6.45) is 0. The summed E-state index contributed by atoms with van der Waals surface area (Å²) < 4.78 is 5.82. The van der Waals surface area contributed by atoms with Gasteiger partial charge in [0.1, 0.15) is 5.82 Å². The van der Waals surface area contributed by atoms with Crippen LogP contribution in [0.3, 0.4) is 0 Å². The van der Waals surface area contributed by atoms with Crippen LogP contribution in [-0.2, 0) is 11.3 Å². The molecule has 96 valence electrons. The van der Waals surface area contributed by atoms with Gasteiger partial charge in [0.25, 0.3) is 0 Å². The summed E-state index contributed by atoms with van der Waals surface area (Å²) in [6, 6.07) is 2.08. The maximum absolute atomic E-state index is 5.90. The third-order valence-electron chi connectivity index (χ3n) is 2.51. The third-order valence-corrected chi connectivity index (χ3v) is 4.34. The molecule has 2 N–H and O–H groups in total. The standard InChI is InChI=1S/C12H14BrN3OS/c1-6-4-8(7(2)18-6)12-15-9(5-17-3)10(13)11(14)16-12/h4H,5H2,1-3H3,(H2,14,15,16). The van der Waals surface area contributed by atoms with Crippen LogP contribution in [-0.4, -0.2) is 17.1 Å². The fraction of sp³-hybridized carbons (Fsp3) is 0.333. The highest BCUT2D eigenvalue weighted by Gasteiger charge is 2.14. The lowest BCUT2D eigenvalue weighted by molar-refractivity contribution is 0.181. The zero-order chi connectivity index (χ0) is 13.3. The quantitative estimate of drug-likeness (QED) is 0.939. The van der Waals surface area contributed by atoms with Gasteiger partial charge in [0, 0.05) is 22.4 Å². The first-order valence-electron chi connectivity index (χ1n) is 5.41. The van der Waals surface area contributed by atoms with E-state index in [1.807, 2.05) is 0 Å². The lowest BCUT2D eigenvalue weighted by atomic mass is 10.2. The zero-order valence-electron chi connectivity index (χ0n) is 10.5. The number of methoxy groups -OCH3 is 1. The number of hydrogen-bond donors (Lipinski definition) is 1. The molecule has 2 rings (SSSR count). The third kappa shape index (κ3) is 2.55. The number of aryl methyl sites for hydroxylation is 2. The van der Waals surface area contributed by atoms with E-state index < -0.39 is 0 Å². The second kappa shape index (κ2) is 5.34. The van der Waals surface area contributed by atoms with Crippen molar-refractivity contribution < 1.29 is 4.74 Å². The first kappa shape index (κ1) is 13.5. The smallest absolute Gasteiger partial charge is 0.163 e. The van der Waals surface area contributed by atoms with Crippen LogP contribution in [0.25, 0.3) is 11.4 Å². The molecule has 0 amide bonds. The highest BCUT2D eigenvalue weighted by atomic mass is 79.9. The van der Waals surface area contributed by atoms with Gasteiger partial charge in [-0.15, -0.1) is 11.3 Å². The van der Waals surface area contributed by atoms with Gasteiger partial charge < -0.3 is 10.5 Å². The second-order valence-corrected chi connectivity index (χ2v) is 6.21. The van der Waals surface area contributed by atoms with Crippen molar-refractivity contribution in [3.8, 4) is 11.4 Å². The van der Waals surface area contributed by atoms with E-state index in [1.165, 1.54) is 9.75 Å². The molecule has 0 unspecified atom stereocenters. The molecular weight excluding hydrogens is 314 g/mol. The monoisotopic (exact) mass is 327 g/mol. The van der Waals surface area contributed by atoms with Gasteiger partial charge in [-0.2, -0.15) is 0 Å². The molecule has 0 aromatic carbocycles. The van der Waals surface area contributed by atoms with Crippen LogP contribution in [0, 0.1) is 13.8 Å². The summed E-state index contributed by atoms with van der Waals surface area (Å²) in [7, 11) is 1.63. The lowest BCUT2D eigenvalue weighted by Gasteiger charge is -2.08. The molecule has 2 heterocycles. The number of ether oxygens (including phenoxy) is 1. The van der Waals surface area contributed by atoms with Crippen LogP contribution in [0.5, 0.6) is 0 Å². The number of nitrogens with two attached hydrogens (primary N) is 1. The molecule has 0 aliphatic carbocycles. The number of thiophene rings is 1. The summed E-state index contributed by atoms with van der Waals surface area (Å²) in [5.74, 6) is 1.10. The number of nitrogens with zero attached hydrogens (tertiary/aromatic N) is 2. The SMILES string of the molecule is COCc1nc(-c2cc(C)sc2C)nc(N)c1Br. The maximum atomic E-state index is 5.90. The van der Waals surface area contributed by atoms with Gasteiger partial charge >= 0.3 is 0 Å². The van der Waals surface area contributed by atoms with E-state index in [0.717, 1.165) is 11.3 Å². The largest absolute Gasteiger partial charge is 0.383 e. The van der Waals surface area contributed by atoms with Crippen LogP contribution in [0.15, 0.2) is 10.5 Å². The van der Waals surface area contributed by atoms with E-state index in [-0.39, 0.29) is 0 Å². The number of rotatable bonds is 3. The van der Waals surface area contributed by atoms with Gasteiger partial charge in [-0.05, 0) is 35.8 Å². The maximum Gasteiger partial charge on any atom is 0.163 e. The van der Waals surface area contributed by atoms with E-state index in [1.54, 1.807) is 18.4 Å². The molecule has 0 aliphatic rings. The molecule has 0 aliphatic heterocycles. The molecule has 0 saturated carbocycles. The Kier molecular flexibility index (Phi) is 3.99. The first-order valence-corrected chi connectivity index (χ1v) is 7.02. The van der Waals surface area contributed by atoms with Crippen molar-refractivity contribution in [3.63, 3.8) is 0 Å². The van der Waals surface area contributed by atoms with Gasteiger partial charge in [0.15, 0.2) is 5.82 Å². The van der Waals surface area contributed by atoms with Crippen LogP contribution >= 0.6 is 27.3 Å².